The lowest BCUT2D eigenvalue weighted by Gasteiger charge is -2.11. The molecule has 0 aromatic heterocycles. The summed E-state index contributed by atoms with van der Waals surface area (Å²) in [5.41, 5.74) is 1.28. The number of phenols is 1. The van der Waals surface area contributed by atoms with E-state index in [1.54, 1.807) is 13.8 Å². The number of aliphatic carboxylic acids is 1. The zero-order valence-corrected chi connectivity index (χ0v) is 10.2. The summed E-state index contributed by atoms with van der Waals surface area (Å²) in [4.78, 5) is 10.4. The van der Waals surface area contributed by atoms with E-state index in [1.165, 1.54) is 12.1 Å². The molecule has 0 atom stereocenters. The Kier molecular flexibility index (Phi) is 3.62. The third kappa shape index (κ3) is 3.63. The van der Waals surface area contributed by atoms with Gasteiger partial charge in [0.1, 0.15) is 5.75 Å². The average molecular weight is 259 g/mol. The number of aryl methyl sites for hydroxylation is 2. The monoisotopic (exact) mass is 259 g/mol. The van der Waals surface area contributed by atoms with Crippen LogP contribution in [0.5, 0.6) is 5.75 Å². The first-order valence-corrected chi connectivity index (χ1v) is 6.39. The van der Waals surface area contributed by atoms with Gasteiger partial charge < -0.3 is 10.2 Å². The molecule has 0 spiro atoms. The predicted molar refractivity (Wildman–Crippen MR) is 62.6 cm³/mol. The molecule has 0 aliphatic carbocycles. The smallest absolute Gasteiger partial charge is 0.320 e. The molecule has 1 rings (SSSR count). The number of carbonyl (C=O) groups is 1. The van der Waals surface area contributed by atoms with Crippen LogP contribution in [0.25, 0.3) is 0 Å². The second-order valence-electron chi connectivity index (χ2n) is 3.71. The maximum Gasteiger partial charge on any atom is 0.320 e. The van der Waals surface area contributed by atoms with Crippen LogP contribution in [-0.2, 0) is 14.8 Å². The van der Waals surface area contributed by atoms with Gasteiger partial charge in [0.15, 0.2) is 5.75 Å². The Morgan fingerprint density at radius 2 is 1.88 bits per heavy atom. The normalized spacial score (nSPS) is 11.2. The fraction of sp³-hybridized carbons (Fsp3) is 0.300. The van der Waals surface area contributed by atoms with E-state index >= 15 is 0 Å². The minimum absolute atomic E-state index is 0.0590. The summed E-state index contributed by atoms with van der Waals surface area (Å²) in [7, 11) is -3.92. The average Bonchev–Trinajstić information content (AvgIpc) is 2.11. The van der Waals surface area contributed by atoms with Gasteiger partial charge >= 0.3 is 5.97 Å². The van der Waals surface area contributed by atoms with Crippen LogP contribution >= 0.6 is 0 Å². The third-order valence-electron chi connectivity index (χ3n) is 2.12. The van der Waals surface area contributed by atoms with Gasteiger partial charge in [0.05, 0.1) is 5.69 Å². The van der Waals surface area contributed by atoms with Crippen LogP contribution in [0.2, 0.25) is 0 Å². The number of phenolic OH excluding ortho intramolecular Hbond substituents is 1. The van der Waals surface area contributed by atoms with Crippen LogP contribution in [0.1, 0.15) is 11.1 Å². The number of hydrogen-bond acceptors (Lipinski definition) is 4. The van der Waals surface area contributed by atoms with Crippen LogP contribution < -0.4 is 4.72 Å². The molecule has 6 nitrogen and oxygen atoms in total. The van der Waals surface area contributed by atoms with Gasteiger partial charge in [-0.05, 0) is 37.1 Å². The van der Waals surface area contributed by atoms with Crippen molar-refractivity contribution in [1.29, 1.82) is 0 Å². The molecular weight excluding hydrogens is 246 g/mol. The van der Waals surface area contributed by atoms with E-state index in [9.17, 15) is 18.3 Å². The van der Waals surface area contributed by atoms with E-state index in [2.05, 4.69) is 4.72 Å². The van der Waals surface area contributed by atoms with Gasteiger partial charge in [0.25, 0.3) is 0 Å². The molecule has 3 N–H and O–H groups in total. The van der Waals surface area contributed by atoms with Crippen LogP contribution in [-0.4, -0.2) is 30.4 Å². The standard InChI is InChI=1S/C10H13NO5S/c1-6-4-9(12)7(2)3-8(6)11-17(15,16)5-10(13)14/h3-4,11-12H,5H2,1-2H3,(H,13,14). The SMILES string of the molecule is Cc1cc(NS(=O)(=O)CC(=O)O)c(C)cc1O. The lowest BCUT2D eigenvalue weighted by Crippen LogP contribution is -2.22. The molecule has 0 heterocycles. The van der Waals surface area contributed by atoms with Crippen molar-refractivity contribution >= 4 is 21.7 Å². The van der Waals surface area contributed by atoms with Crippen molar-refractivity contribution in [3.63, 3.8) is 0 Å². The Bertz CT molecular complexity index is 550. The molecule has 0 saturated heterocycles. The quantitative estimate of drug-likeness (QED) is 0.695. The molecule has 94 valence electrons. The molecule has 0 amide bonds. The lowest BCUT2D eigenvalue weighted by atomic mass is 10.1. The van der Waals surface area contributed by atoms with E-state index in [1.807, 2.05) is 0 Å². The van der Waals surface area contributed by atoms with Crippen molar-refractivity contribution in [1.82, 2.24) is 0 Å². The first-order chi connectivity index (χ1) is 7.71. The molecule has 0 fully saturated rings. The molecule has 0 unspecified atom stereocenters. The molecule has 17 heavy (non-hydrogen) atoms. The van der Waals surface area contributed by atoms with E-state index in [0.29, 0.717) is 11.1 Å². The van der Waals surface area contributed by atoms with Crippen molar-refractivity contribution in [2.45, 2.75) is 13.8 Å². The van der Waals surface area contributed by atoms with Gasteiger partial charge in [-0.1, -0.05) is 0 Å². The molecule has 0 bridgehead atoms. The minimum Gasteiger partial charge on any atom is -0.508 e. The summed E-state index contributed by atoms with van der Waals surface area (Å²) in [6, 6.07) is 2.86. The van der Waals surface area contributed by atoms with Gasteiger partial charge in [0.2, 0.25) is 10.0 Å². The Morgan fingerprint density at radius 1 is 1.29 bits per heavy atom. The first kappa shape index (κ1) is 13.3. The Hall–Kier alpha value is -1.76. The molecule has 0 radical (unpaired) electrons. The van der Waals surface area contributed by atoms with Crippen LogP contribution in [0, 0.1) is 13.8 Å². The zero-order chi connectivity index (χ0) is 13.2. The van der Waals surface area contributed by atoms with Gasteiger partial charge in [-0.2, -0.15) is 0 Å². The van der Waals surface area contributed by atoms with Crippen molar-refractivity contribution in [3.05, 3.63) is 23.3 Å². The Labute approximate surface area is 99.0 Å². The number of carboxylic acids is 1. The summed E-state index contributed by atoms with van der Waals surface area (Å²) in [5, 5.41) is 17.8. The lowest BCUT2D eigenvalue weighted by molar-refractivity contribution is -0.134. The van der Waals surface area contributed by atoms with Crippen molar-refractivity contribution < 1.29 is 23.4 Å². The van der Waals surface area contributed by atoms with Crippen LogP contribution in [0.15, 0.2) is 12.1 Å². The predicted octanol–water partition coefficient (Wildman–Crippen LogP) is 0.835. The minimum atomic E-state index is -3.92. The summed E-state index contributed by atoms with van der Waals surface area (Å²) in [5.74, 6) is -2.36. The molecule has 1 aromatic rings. The number of aromatic hydroxyl groups is 1. The molecule has 0 aliphatic rings. The number of nitrogens with one attached hydrogen (secondary N) is 1. The van der Waals surface area contributed by atoms with E-state index in [4.69, 9.17) is 5.11 Å². The number of hydrogen-bond donors (Lipinski definition) is 3. The summed E-state index contributed by atoms with van der Waals surface area (Å²) in [6.45, 7) is 3.22. The highest BCUT2D eigenvalue weighted by molar-refractivity contribution is 7.93. The zero-order valence-electron chi connectivity index (χ0n) is 9.39. The topological polar surface area (TPSA) is 104 Å². The number of carboxylic acid groups (broad SMARTS) is 1. The maximum absolute atomic E-state index is 11.4. The summed E-state index contributed by atoms with van der Waals surface area (Å²) in [6.07, 6.45) is 0. The van der Waals surface area contributed by atoms with Crippen LogP contribution in [0.3, 0.4) is 0 Å². The van der Waals surface area contributed by atoms with Gasteiger partial charge in [-0.15, -0.1) is 0 Å². The van der Waals surface area contributed by atoms with Gasteiger partial charge in [0, 0.05) is 0 Å². The first-order valence-electron chi connectivity index (χ1n) is 4.74. The number of benzene rings is 1. The molecule has 7 heteroatoms. The molecular formula is C10H13NO5S. The van der Waals surface area contributed by atoms with Crippen molar-refractivity contribution in [2.24, 2.45) is 0 Å². The number of rotatable bonds is 4. The summed E-state index contributed by atoms with van der Waals surface area (Å²) < 4.78 is 25.0. The Morgan fingerprint density at radius 3 is 2.41 bits per heavy atom. The maximum atomic E-state index is 11.4. The van der Waals surface area contributed by atoms with Crippen molar-refractivity contribution in [3.8, 4) is 5.75 Å². The molecule has 1 aromatic carbocycles. The van der Waals surface area contributed by atoms with Gasteiger partial charge in [-0.3, -0.25) is 9.52 Å². The summed E-state index contributed by atoms with van der Waals surface area (Å²) >= 11 is 0. The van der Waals surface area contributed by atoms with E-state index < -0.39 is 21.7 Å². The third-order valence-corrected chi connectivity index (χ3v) is 3.28. The Balaban J connectivity index is 3.04. The highest BCUT2D eigenvalue weighted by atomic mass is 32.2. The fourth-order valence-electron chi connectivity index (χ4n) is 1.28. The van der Waals surface area contributed by atoms with E-state index in [-0.39, 0.29) is 11.4 Å². The van der Waals surface area contributed by atoms with Gasteiger partial charge in [-0.25, -0.2) is 8.42 Å². The molecule has 0 aliphatic heterocycles. The number of sulfonamides is 1. The largest absolute Gasteiger partial charge is 0.508 e. The highest BCUT2D eigenvalue weighted by Gasteiger charge is 2.17. The second-order valence-corrected chi connectivity index (χ2v) is 5.43. The van der Waals surface area contributed by atoms with Crippen LogP contribution in [0.4, 0.5) is 5.69 Å². The van der Waals surface area contributed by atoms with Crippen molar-refractivity contribution in [2.75, 3.05) is 10.5 Å². The van der Waals surface area contributed by atoms with E-state index in [0.717, 1.165) is 0 Å². The molecule has 0 saturated carbocycles. The highest BCUT2D eigenvalue weighted by Crippen LogP contribution is 2.25. The second kappa shape index (κ2) is 4.62. The fourth-order valence-corrected chi connectivity index (χ4v) is 2.23. The number of anilines is 1.